The number of benzene rings is 2. The summed E-state index contributed by atoms with van der Waals surface area (Å²) in [5.41, 5.74) is 7.82. The molecule has 2 aromatic heterocycles. The van der Waals surface area contributed by atoms with Crippen LogP contribution in [0.4, 0.5) is 0 Å². The second-order valence-corrected chi connectivity index (χ2v) is 4.10. The zero-order valence-corrected chi connectivity index (χ0v) is 11.9. The Labute approximate surface area is 127 Å². The minimum atomic E-state index is -0.498. The number of nitrogens with two attached hydrogens (primary N) is 1. The molecule has 3 rings (SSSR count). The van der Waals surface area contributed by atoms with E-state index in [4.69, 9.17) is 5.73 Å². The molecule has 20 heavy (non-hydrogen) atoms. The molecule has 0 aliphatic carbocycles. The highest BCUT2D eigenvalue weighted by atomic mass is 35.5. The normalized spacial score (nSPS) is 9.80. The Balaban J connectivity index is 0.000001000. The lowest BCUT2D eigenvalue weighted by Crippen LogP contribution is -2.13. The molecule has 104 valence electrons. The number of carbonyl (C=O) groups excluding carboxylic acids is 2. The molecular weight excluding hydrogens is 299 g/mol. The van der Waals surface area contributed by atoms with E-state index in [-0.39, 0.29) is 30.7 Å². The van der Waals surface area contributed by atoms with Crippen LogP contribution in [0.5, 0.6) is 0 Å². The minimum absolute atomic E-state index is 0. The average molecular weight is 311 g/mol. The van der Waals surface area contributed by atoms with E-state index in [0.29, 0.717) is 11.1 Å². The van der Waals surface area contributed by atoms with Crippen molar-refractivity contribution in [2.45, 2.75) is 0 Å². The Kier molecular flexibility index (Phi) is 4.76. The van der Waals surface area contributed by atoms with Crippen molar-refractivity contribution < 1.29 is 9.59 Å². The van der Waals surface area contributed by atoms with E-state index < -0.39 is 5.91 Å². The summed E-state index contributed by atoms with van der Waals surface area (Å²) in [6.45, 7) is 0. The van der Waals surface area contributed by atoms with Gasteiger partial charge in [-0.3, -0.25) is 14.2 Å². The Morgan fingerprint density at radius 3 is 1.55 bits per heavy atom. The maximum absolute atomic E-state index is 12.3. The predicted molar refractivity (Wildman–Crippen MR) is 82.3 cm³/mol. The van der Waals surface area contributed by atoms with Gasteiger partial charge in [0.1, 0.15) is 0 Å². The second-order valence-electron chi connectivity index (χ2n) is 4.10. The minimum Gasteiger partial charge on any atom is -0.366 e. The van der Waals surface area contributed by atoms with E-state index in [1.54, 1.807) is 28.8 Å². The Morgan fingerprint density at radius 2 is 1.15 bits per heavy atom. The molecule has 2 heterocycles. The Morgan fingerprint density at radius 1 is 0.750 bits per heavy atom. The highest BCUT2D eigenvalue weighted by Crippen LogP contribution is 2.19. The van der Waals surface area contributed by atoms with Crippen molar-refractivity contribution in [2.75, 3.05) is 0 Å². The molecule has 0 spiro atoms. The van der Waals surface area contributed by atoms with Gasteiger partial charge in [0.25, 0.3) is 5.91 Å². The van der Waals surface area contributed by atoms with Gasteiger partial charge in [-0.05, 0) is 48.5 Å². The standard InChI is InChI=1S/C14H10N2O2.2ClH/c15-13(17)9-1-3-10(4-2-9)14(18)16-11-5-6-12(16)8-7-11;;/h1-8H,(H2,15,17);2*1H. The Hall–Kier alpha value is -2.04. The molecule has 0 saturated heterocycles. The van der Waals surface area contributed by atoms with Crippen LogP contribution >= 0.6 is 24.8 Å². The van der Waals surface area contributed by atoms with Gasteiger partial charge in [-0.2, -0.15) is 0 Å². The zero-order valence-electron chi connectivity index (χ0n) is 10.3. The van der Waals surface area contributed by atoms with Crippen LogP contribution in [0.15, 0.2) is 48.5 Å². The molecule has 0 unspecified atom stereocenters. The highest BCUT2D eigenvalue weighted by Gasteiger charge is 2.14. The van der Waals surface area contributed by atoms with Crippen molar-refractivity contribution in [3.63, 3.8) is 0 Å². The quantitative estimate of drug-likeness (QED) is 0.791. The van der Waals surface area contributed by atoms with Crippen LogP contribution in [0, 0.1) is 0 Å². The van der Waals surface area contributed by atoms with Gasteiger partial charge in [0.15, 0.2) is 0 Å². The molecule has 2 N–H and O–H groups in total. The van der Waals surface area contributed by atoms with Crippen LogP contribution in [0.2, 0.25) is 0 Å². The molecule has 4 nitrogen and oxygen atoms in total. The third kappa shape index (κ3) is 2.48. The molecule has 0 radical (unpaired) electrons. The fraction of sp³-hybridized carbons (Fsp3) is 0. The maximum Gasteiger partial charge on any atom is 0.262 e. The summed E-state index contributed by atoms with van der Waals surface area (Å²) >= 11 is 0. The number of rotatable bonds is 2. The van der Waals surface area contributed by atoms with Crippen LogP contribution in [-0.2, 0) is 0 Å². The molecule has 0 aliphatic heterocycles. The molecule has 6 heteroatoms. The number of aromatic nitrogens is 1. The van der Waals surface area contributed by atoms with E-state index in [1.165, 1.54) is 0 Å². The van der Waals surface area contributed by atoms with E-state index >= 15 is 0 Å². The van der Waals surface area contributed by atoms with Crippen molar-refractivity contribution in [2.24, 2.45) is 5.73 Å². The molecule has 2 bridgehead atoms. The molecule has 1 amide bonds. The highest BCUT2D eigenvalue weighted by molar-refractivity contribution is 6.03. The fourth-order valence-electron chi connectivity index (χ4n) is 2.04. The lowest BCUT2D eigenvalue weighted by molar-refractivity contribution is 0.0965. The van der Waals surface area contributed by atoms with Gasteiger partial charge in [0.05, 0.1) is 0 Å². The predicted octanol–water partition coefficient (Wildman–Crippen LogP) is 2.71. The number of primary amides is 1. The Bertz CT molecular complexity index is 687. The van der Waals surface area contributed by atoms with Gasteiger partial charge in [-0.25, -0.2) is 0 Å². The third-order valence-corrected chi connectivity index (χ3v) is 2.99. The number of fused-ring (bicyclic) bond motifs is 2. The first-order chi connectivity index (χ1) is 8.66. The molecule has 0 saturated carbocycles. The van der Waals surface area contributed by atoms with Gasteiger partial charge in [-0.15, -0.1) is 24.8 Å². The maximum atomic E-state index is 12.3. The second kappa shape index (κ2) is 5.94. The zero-order chi connectivity index (χ0) is 12.7. The van der Waals surface area contributed by atoms with Crippen LogP contribution in [0.25, 0.3) is 11.0 Å². The van der Waals surface area contributed by atoms with Gasteiger partial charge in [0, 0.05) is 22.2 Å². The monoisotopic (exact) mass is 310 g/mol. The van der Waals surface area contributed by atoms with Gasteiger partial charge < -0.3 is 5.73 Å². The third-order valence-electron chi connectivity index (χ3n) is 2.99. The van der Waals surface area contributed by atoms with E-state index in [1.807, 2.05) is 24.3 Å². The van der Waals surface area contributed by atoms with E-state index in [2.05, 4.69) is 0 Å². The van der Waals surface area contributed by atoms with Crippen molar-refractivity contribution >= 4 is 47.7 Å². The summed E-state index contributed by atoms with van der Waals surface area (Å²) in [6, 6.07) is 13.9. The summed E-state index contributed by atoms with van der Waals surface area (Å²) in [4.78, 5) is 23.2. The molecule has 1 aromatic carbocycles. The summed E-state index contributed by atoms with van der Waals surface area (Å²) in [6.07, 6.45) is 0. The van der Waals surface area contributed by atoms with Crippen LogP contribution in [0.1, 0.15) is 20.7 Å². The first kappa shape index (κ1) is 16.0. The smallest absolute Gasteiger partial charge is 0.262 e. The lowest BCUT2D eigenvalue weighted by Gasteiger charge is -2.03. The van der Waals surface area contributed by atoms with Crippen molar-refractivity contribution in [3.05, 3.63) is 59.7 Å². The summed E-state index contributed by atoms with van der Waals surface area (Å²) in [5, 5.41) is 0. The van der Waals surface area contributed by atoms with Crippen molar-refractivity contribution in [1.29, 1.82) is 0 Å². The number of amides is 1. The largest absolute Gasteiger partial charge is 0.366 e. The number of nitrogens with zero attached hydrogens (tertiary/aromatic N) is 1. The number of hydrogen-bond donors (Lipinski definition) is 1. The van der Waals surface area contributed by atoms with Gasteiger partial charge in [0.2, 0.25) is 5.91 Å². The number of hydrogen-bond acceptors (Lipinski definition) is 2. The van der Waals surface area contributed by atoms with Gasteiger partial charge >= 0.3 is 0 Å². The van der Waals surface area contributed by atoms with Crippen LogP contribution in [-0.4, -0.2) is 16.4 Å². The first-order valence-corrected chi connectivity index (χ1v) is 5.51. The molecule has 3 aromatic rings. The average Bonchev–Trinajstić information content (AvgIpc) is 2.98. The van der Waals surface area contributed by atoms with Crippen LogP contribution in [0.3, 0.4) is 0 Å². The van der Waals surface area contributed by atoms with E-state index in [9.17, 15) is 9.59 Å². The lowest BCUT2D eigenvalue weighted by atomic mass is 10.1. The topological polar surface area (TPSA) is 65.1 Å². The van der Waals surface area contributed by atoms with Gasteiger partial charge in [-0.1, -0.05) is 0 Å². The summed E-state index contributed by atoms with van der Waals surface area (Å²) < 4.78 is 1.64. The molecular formula is C14H12Cl2N2O2. The molecule has 0 atom stereocenters. The molecule has 0 fully saturated rings. The number of halogens is 2. The van der Waals surface area contributed by atoms with E-state index in [0.717, 1.165) is 11.0 Å². The van der Waals surface area contributed by atoms with Crippen molar-refractivity contribution in [1.82, 2.24) is 4.57 Å². The molecule has 0 aliphatic rings. The summed E-state index contributed by atoms with van der Waals surface area (Å²) in [5.74, 6) is -0.603. The SMILES string of the molecule is Cl.Cl.NC(=O)c1ccc(C(=O)n2c3ccc2cc3)cc1. The van der Waals surface area contributed by atoms with Crippen LogP contribution < -0.4 is 5.73 Å². The van der Waals surface area contributed by atoms with Crippen molar-refractivity contribution in [3.8, 4) is 0 Å². The summed E-state index contributed by atoms with van der Waals surface area (Å²) in [7, 11) is 0. The first-order valence-electron chi connectivity index (χ1n) is 5.51. The number of carbonyl (C=O) groups is 2. The fourth-order valence-corrected chi connectivity index (χ4v) is 2.04.